The first-order valence-electron chi connectivity index (χ1n) is 10.0. The Kier molecular flexibility index (Phi) is 6.28. The maximum atomic E-state index is 12.5. The fourth-order valence-electron chi connectivity index (χ4n) is 3.50. The van der Waals surface area contributed by atoms with E-state index >= 15 is 0 Å². The topological polar surface area (TPSA) is 76.3 Å². The van der Waals surface area contributed by atoms with Crippen molar-refractivity contribution in [2.24, 2.45) is 0 Å². The van der Waals surface area contributed by atoms with Gasteiger partial charge in [0.1, 0.15) is 0 Å². The van der Waals surface area contributed by atoms with E-state index in [1.54, 1.807) is 17.0 Å². The van der Waals surface area contributed by atoms with Gasteiger partial charge in [-0.05, 0) is 42.2 Å². The Hall–Kier alpha value is -2.93. The van der Waals surface area contributed by atoms with Crippen LogP contribution in [0.3, 0.4) is 0 Å². The van der Waals surface area contributed by atoms with Crippen molar-refractivity contribution in [3.8, 4) is 0 Å². The summed E-state index contributed by atoms with van der Waals surface area (Å²) >= 11 is 1.24. The largest absolute Gasteiger partial charge is 0.416 e. The summed E-state index contributed by atoms with van der Waals surface area (Å²) in [5, 5.41) is 8.56. The number of aromatic nitrogens is 2. The van der Waals surface area contributed by atoms with Gasteiger partial charge in [-0.3, -0.25) is 9.59 Å². The van der Waals surface area contributed by atoms with E-state index in [1.165, 1.54) is 17.3 Å². The highest BCUT2D eigenvalue weighted by Crippen LogP contribution is 2.24. The minimum atomic E-state index is -0.0169. The number of carbonyl (C=O) groups excluding carboxylic acids is 2. The second-order valence-corrected chi connectivity index (χ2v) is 8.31. The van der Waals surface area contributed by atoms with E-state index in [2.05, 4.69) is 29.3 Å². The Bertz CT molecular complexity index is 1020. The third-order valence-corrected chi connectivity index (χ3v) is 6.02. The number of nitrogens with zero attached hydrogens (tertiary/aromatic N) is 3. The number of ketones is 1. The zero-order valence-corrected chi connectivity index (χ0v) is 17.6. The van der Waals surface area contributed by atoms with Crippen LogP contribution in [0.2, 0.25) is 0 Å². The van der Waals surface area contributed by atoms with Crippen LogP contribution in [0.5, 0.6) is 0 Å². The van der Waals surface area contributed by atoms with Gasteiger partial charge in [-0.2, -0.15) is 0 Å². The van der Waals surface area contributed by atoms with Crippen LogP contribution in [0.4, 0.5) is 5.69 Å². The number of anilines is 1. The van der Waals surface area contributed by atoms with Crippen LogP contribution in [0.1, 0.15) is 47.5 Å². The van der Waals surface area contributed by atoms with Gasteiger partial charge < -0.3 is 9.32 Å². The first-order valence-corrected chi connectivity index (χ1v) is 11.0. The molecule has 1 aromatic heterocycles. The number of Topliss-reactive ketones (excluding diaryl/α,β-unsaturated/α-hetero) is 1. The number of hydrogen-bond donors (Lipinski definition) is 0. The fourth-order valence-corrected chi connectivity index (χ4v) is 4.17. The van der Waals surface area contributed by atoms with Crippen molar-refractivity contribution in [3.05, 3.63) is 71.6 Å². The Morgan fingerprint density at radius 3 is 2.60 bits per heavy atom. The zero-order chi connectivity index (χ0) is 20.9. The van der Waals surface area contributed by atoms with E-state index in [9.17, 15) is 9.59 Å². The molecule has 7 heteroatoms. The summed E-state index contributed by atoms with van der Waals surface area (Å²) < 4.78 is 5.70. The van der Waals surface area contributed by atoms with E-state index in [-0.39, 0.29) is 23.4 Å². The Morgan fingerprint density at radius 1 is 1.13 bits per heavy atom. The predicted octanol–water partition coefficient (Wildman–Crippen LogP) is 4.52. The minimum absolute atomic E-state index is 0.0169. The molecule has 4 rings (SSSR count). The molecule has 0 radical (unpaired) electrons. The summed E-state index contributed by atoms with van der Waals surface area (Å²) in [6.07, 6.45) is 2.13. The second kappa shape index (κ2) is 9.26. The zero-order valence-electron chi connectivity index (χ0n) is 16.8. The smallest absolute Gasteiger partial charge is 0.277 e. The third kappa shape index (κ3) is 4.79. The number of carbonyl (C=O) groups is 2. The molecule has 0 spiro atoms. The van der Waals surface area contributed by atoms with Crippen LogP contribution in [0.25, 0.3) is 0 Å². The molecule has 30 heavy (non-hydrogen) atoms. The summed E-state index contributed by atoms with van der Waals surface area (Å²) in [6.45, 7) is 2.86. The first-order chi connectivity index (χ1) is 14.6. The van der Waals surface area contributed by atoms with Crippen LogP contribution in [0, 0.1) is 0 Å². The normalized spacial score (nSPS) is 14.8. The average Bonchev–Trinajstić information content (AvgIpc) is 3.41. The van der Waals surface area contributed by atoms with Crippen molar-refractivity contribution in [1.29, 1.82) is 0 Å². The Labute approximate surface area is 179 Å². The lowest BCUT2D eigenvalue weighted by Crippen LogP contribution is -2.23. The van der Waals surface area contributed by atoms with Crippen molar-refractivity contribution >= 4 is 29.1 Å². The highest BCUT2D eigenvalue weighted by atomic mass is 32.2. The lowest BCUT2D eigenvalue weighted by atomic mass is 9.98. The fraction of sp³-hybridized carbons (Fsp3) is 0.304. The van der Waals surface area contributed by atoms with Gasteiger partial charge in [-0.25, -0.2) is 0 Å². The number of thioether (sulfide) groups is 1. The molecule has 1 saturated heterocycles. The first kappa shape index (κ1) is 20.3. The molecule has 2 aromatic carbocycles. The molecule has 0 saturated carbocycles. The van der Waals surface area contributed by atoms with Crippen LogP contribution >= 0.6 is 11.8 Å². The second-order valence-electron chi connectivity index (χ2n) is 7.39. The van der Waals surface area contributed by atoms with Crippen molar-refractivity contribution < 1.29 is 14.0 Å². The van der Waals surface area contributed by atoms with Crippen LogP contribution in [-0.4, -0.2) is 34.2 Å². The summed E-state index contributed by atoms with van der Waals surface area (Å²) in [6, 6.07) is 17.4. The molecule has 2 heterocycles. The molecule has 1 aliphatic heterocycles. The number of hydrogen-bond acceptors (Lipinski definition) is 6. The third-order valence-electron chi connectivity index (χ3n) is 5.20. The molecular formula is C23H23N3O3S. The van der Waals surface area contributed by atoms with E-state index in [0.29, 0.717) is 29.5 Å². The predicted molar refractivity (Wildman–Crippen MR) is 116 cm³/mol. The summed E-state index contributed by atoms with van der Waals surface area (Å²) in [5.41, 5.74) is 2.67. The number of benzene rings is 2. The molecule has 6 nitrogen and oxygen atoms in total. The number of amides is 1. The van der Waals surface area contributed by atoms with Gasteiger partial charge >= 0.3 is 0 Å². The van der Waals surface area contributed by atoms with Crippen molar-refractivity contribution in [2.45, 2.75) is 37.3 Å². The molecular weight excluding hydrogens is 398 g/mol. The molecule has 0 aliphatic carbocycles. The Morgan fingerprint density at radius 2 is 1.90 bits per heavy atom. The van der Waals surface area contributed by atoms with Crippen molar-refractivity contribution in [1.82, 2.24) is 10.2 Å². The molecule has 1 amide bonds. The molecule has 1 unspecified atom stereocenters. The van der Waals surface area contributed by atoms with Gasteiger partial charge in [0.2, 0.25) is 11.8 Å². The average molecular weight is 422 g/mol. The van der Waals surface area contributed by atoms with Crippen molar-refractivity contribution in [3.63, 3.8) is 0 Å². The van der Waals surface area contributed by atoms with Crippen LogP contribution in [0.15, 0.2) is 64.2 Å². The van der Waals surface area contributed by atoms with Crippen LogP contribution < -0.4 is 4.90 Å². The van der Waals surface area contributed by atoms with E-state index in [4.69, 9.17) is 4.42 Å². The van der Waals surface area contributed by atoms with E-state index < -0.39 is 0 Å². The van der Waals surface area contributed by atoms with Gasteiger partial charge in [0.05, 0.1) is 5.75 Å². The lowest BCUT2D eigenvalue weighted by Gasteiger charge is -2.15. The molecule has 1 atom stereocenters. The Balaban J connectivity index is 1.30. The monoisotopic (exact) mass is 421 g/mol. The highest BCUT2D eigenvalue weighted by molar-refractivity contribution is 7.99. The summed E-state index contributed by atoms with van der Waals surface area (Å²) in [7, 11) is 0. The van der Waals surface area contributed by atoms with Crippen LogP contribution in [-0.2, 0) is 11.2 Å². The van der Waals surface area contributed by atoms with Gasteiger partial charge in [0.15, 0.2) is 5.78 Å². The van der Waals surface area contributed by atoms with E-state index in [0.717, 1.165) is 18.7 Å². The van der Waals surface area contributed by atoms with Gasteiger partial charge in [0, 0.05) is 30.6 Å². The molecule has 0 bridgehead atoms. The van der Waals surface area contributed by atoms with E-state index in [1.807, 2.05) is 30.3 Å². The van der Waals surface area contributed by atoms with Gasteiger partial charge in [-0.15, -0.1) is 10.2 Å². The molecule has 3 aromatic rings. The minimum Gasteiger partial charge on any atom is -0.416 e. The van der Waals surface area contributed by atoms with Gasteiger partial charge in [-0.1, -0.05) is 49.0 Å². The quantitative estimate of drug-likeness (QED) is 0.393. The van der Waals surface area contributed by atoms with Crippen molar-refractivity contribution in [2.75, 3.05) is 17.2 Å². The van der Waals surface area contributed by atoms with Gasteiger partial charge in [0.25, 0.3) is 5.22 Å². The lowest BCUT2D eigenvalue weighted by molar-refractivity contribution is -0.117. The maximum absolute atomic E-state index is 12.5. The summed E-state index contributed by atoms with van der Waals surface area (Å²) in [4.78, 5) is 26.1. The molecule has 1 fully saturated rings. The molecule has 1 aliphatic rings. The SMILES string of the molecule is CC(Cc1nnc(SCC(=O)c2ccc(N3CCCC3=O)cc2)o1)c1ccccc1. The molecule has 0 N–H and O–H groups in total. The number of rotatable bonds is 8. The standard InChI is InChI=1S/C23H23N3O3S/c1-16(17-6-3-2-4-7-17)14-21-24-25-23(29-21)30-15-20(27)18-9-11-19(12-10-18)26-13-5-8-22(26)28/h2-4,6-7,9-12,16H,5,8,13-15H2,1H3. The molecule has 154 valence electrons. The summed E-state index contributed by atoms with van der Waals surface area (Å²) in [5.74, 6) is 1.18. The highest BCUT2D eigenvalue weighted by Gasteiger charge is 2.22. The maximum Gasteiger partial charge on any atom is 0.277 e.